The summed E-state index contributed by atoms with van der Waals surface area (Å²) in [5, 5.41) is 7.05. The fourth-order valence-corrected chi connectivity index (χ4v) is 3.45. The third kappa shape index (κ3) is 2.64. The summed E-state index contributed by atoms with van der Waals surface area (Å²) in [6.07, 6.45) is 2.02. The number of fused-ring (bicyclic) bond motifs is 3. The Balaban J connectivity index is 1.81. The average Bonchev–Trinajstić information content (AvgIpc) is 3.01. The molecule has 2 aromatic heterocycles. The molecule has 0 radical (unpaired) electrons. The van der Waals surface area contributed by atoms with E-state index in [2.05, 4.69) is 26.0 Å². The molecule has 0 fully saturated rings. The maximum Gasteiger partial charge on any atom is 0.157 e. The molecule has 0 N–H and O–H groups in total. The van der Waals surface area contributed by atoms with Crippen molar-refractivity contribution in [2.24, 2.45) is 0 Å². The number of benzene rings is 2. The van der Waals surface area contributed by atoms with Crippen molar-refractivity contribution in [1.29, 1.82) is 0 Å². The fourth-order valence-electron chi connectivity index (χ4n) is 2.77. The minimum Gasteiger partial charge on any atom is -0.497 e. The first-order valence-corrected chi connectivity index (χ1v) is 8.56. The second-order valence-corrected chi connectivity index (χ2v) is 6.69. The number of pyridine rings is 1. The second-order valence-electron chi connectivity index (χ2n) is 5.48. The number of nitrogens with zero attached hydrogens (tertiary/aromatic N) is 3. The number of hydrogen-bond donors (Lipinski definition) is 0. The van der Waals surface area contributed by atoms with Gasteiger partial charge in [-0.1, -0.05) is 35.9 Å². The molecule has 0 aliphatic rings. The van der Waals surface area contributed by atoms with Crippen LogP contribution in [-0.2, 0) is 6.54 Å². The SMILES string of the molecule is COc1ccc(Cn2cc3c(n2)c(Cl)nc2c(Br)cccc23)cc1. The average molecular weight is 403 g/mol. The van der Waals surface area contributed by atoms with E-state index in [4.69, 9.17) is 16.3 Å². The summed E-state index contributed by atoms with van der Waals surface area (Å²) in [7, 11) is 1.66. The predicted molar refractivity (Wildman–Crippen MR) is 99.8 cm³/mol. The third-order valence-corrected chi connectivity index (χ3v) is 4.85. The molecule has 4 nitrogen and oxygen atoms in total. The highest BCUT2D eigenvalue weighted by Gasteiger charge is 2.13. The lowest BCUT2D eigenvalue weighted by atomic mass is 10.1. The van der Waals surface area contributed by atoms with E-state index in [0.717, 1.165) is 37.6 Å². The summed E-state index contributed by atoms with van der Waals surface area (Å²) < 4.78 is 8.00. The summed E-state index contributed by atoms with van der Waals surface area (Å²) in [6, 6.07) is 13.9. The quantitative estimate of drug-likeness (QED) is 0.450. The van der Waals surface area contributed by atoms with Gasteiger partial charge in [0.1, 0.15) is 11.3 Å². The zero-order valence-corrected chi connectivity index (χ0v) is 15.2. The Hall–Kier alpha value is -2.11. The molecule has 0 spiro atoms. The van der Waals surface area contributed by atoms with Crippen LogP contribution in [0.2, 0.25) is 5.15 Å². The Morgan fingerprint density at radius 2 is 1.88 bits per heavy atom. The molecule has 2 aromatic carbocycles. The van der Waals surface area contributed by atoms with E-state index in [9.17, 15) is 0 Å². The second kappa shape index (κ2) is 6.07. The van der Waals surface area contributed by atoms with Gasteiger partial charge >= 0.3 is 0 Å². The van der Waals surface area contributed by atoms with Gasteiger partial charge in [-0.3, -0.25) is 4.68 Å². The third-order valence-electron chi connectivity index (χ3n) is 3.95. The largest absolute Gasteiger partial charge is 0.497 e. The Kier molecular flexibility index (Phi) is 3.90. The molecule has 0 amide bonds. The maximum atomic E-state index is 6.34. The van der Waals surface area contributed by atoms with E-state index < -0.39 is 0 Å². The molecule has 24 heavy (non-hydrogen) atoms. The van der Waals surface area contributed by atoms with Crippen LogP contribution in [0, 0.1) is 0 Å². The molecular weight excluding hydrogens is 390 g/mol. The molecule has 0 unspecified atom stereocenters. The van der Waals surface area contributed by atoms with E-state index in [-0.39, 0.29) is 0 Å². The van der Waals surface area contributed by atoms with Crippen LogP contribution in [0.4, 0.5) is 0 Å². The first-order chi connectivity index (χ1) is 11.7. The highest BCUT2D eigenvalue weighted by Crippen LogP contribution is 2.32. The molecule has 2 heterocycles. The topological polar surface area (TPSA) is 39.9 Å². The van der Waals surface area contributed by atoms with Crippen LogP contribution in [0.3, 0.4) is 0 Å². The van der Waals surface area contributed by atoms with Crippen molar-refractivity contribution >= 4 is 49.3 Å². The highest BCUT2D eigenvalue weighted by atomic mass is 79.9. The highest BCUT2D eigenvalue weighted by molar-refractivity contribution is 9.10. The standard InChI is InChI=1S/C18H13BrClN3O/c1-24-12-7-5-11(6-8-12)9-23-10-14-13-3-2-4-15(19)16(13)21-18(20)17(14)22-23/h2-8,10H,9H2,1H3. The first kappa shape index (κ1) is 15.4. The first-order valence-electron chi connectivity index (χ1n) is 7.39. The van der Waals surface area contributed by atoms with Gasteiger partial charge in [0.15, 0.2) is 5.15 Å². The van der Waals surface area contributed by atoms with Gasteiger partial charge < -0.3 is 4.74 Å². The summed E-state index contributed by atoms with van der Waals surface area (Å²) in [5.74, 6) is 0.840. The number of halogens is 2. The van der Waals surface area contributed by atoms with Crippen molar-refractivity contribution in [2.45, 2.75) is 6.54 Å². The summed E-state index contributed by atoms with van der Waals surface area (Å²) in [6.45, 7) is 0.657. The van der Waals surface area contributed by atoms with Crippen LogP contribution in [0.5, 0.6) is 5.75 Å². The Morgan fingerprint density at radius 1 is 1.08 bits per heavy atom. The molecule has 0 atom stereocenters. The number of hydrogen-bond acceptors (Lipinski definition) is 3. The Morgan fingerprint density at radius 3 is 2.62 bits per heavy atom. The number of aromatic nitrogens is 3. The van der Waals surface area contributed by atoms with Gasteiger partial charge in [0, 0.05) is 21.4 Å². The van der Waals surface area contributed by atoms with Gasteiger partial charge in [-0.15, -0.1) is 0 Å². The van der Waals surface area contributed by atoms with E-state index in [1.807, 2.05) is 53.3 Å². The molecule has 0 aliphatic heterocycles. The zero-order valence-electron chi connectivity index (χ0n) is 12.8. The van der Waals surface area contributed by atoms with Crippen LogP contribution in [-0.4, -0.2) is 21.9 Å². The van der Waals surface area contributed by atoms with Crippen molar-refractivity contribution in [3.8, 4) is 5.75 Å². The summed E-state index contributed by atoms with van der Waals surface area (Å²) in [5.41, 5.74) is 2.70. The van der Waals surface area contributed by atoms with Gasteiger partial charge in [-0.25, -0.2) is 4.98 Å². The lowest BCUT2D eigenvalue weighted by Gasteiger charge is -2.03. The zero-order chi connectivity index (χ0) is 16.7. The molecule has 4 aromatic rings. The van der Waals surface area contributed by atoms with Crippen LogP contribution in [0.25, 0.3) is 21.8 Å². The molecule has 0 bridgehead atoms. The Labute approximate surface area is 152 Å². The van der Waals surface area contributed by atoms with Gasteiger partial charge in [-0.05, 0) is 39.7 Å². The minimum absolute atomic E-state index is 0.415. The monoisotopic (exact) mass is 401 g/mol. The molecule has 0 saturated carbocycles. The maximum absolute atomic E-state index is 6.34. The number of ether oxygens (including phenoxy) is 1. The van der Waals surface area contributed by atoms with E-state index in [1.165, 1.54) is 0 Å². The van der Waals surface area contributed by atoms with E-state index >= 15 is 0 Å². The van der Waals surface area contributed by atoms with Crippen LogP contribution in [0.15, 0.2) is 53.1 Å². The molecule has 120 valence electrons. The Bertz CT molecular complexity index is 1040. The number of rotatable bonds is 3. The van der Waals surface area contributed by atoms with Crippen molar-refractivity contribution in [3.63, 3.8) is 0 Å². The van der Waals surface area contributed by atoms with Crippen LogP contribution < -0.4 is 4.74 Å². The van der Waals surface area contributed by atoms with Crippen LogP contribution >= 0.6 is 27.5 Å². The lowest BCUT2D eigenvalue weighted by Crippen LogP contribution is -1.99. The van der Waals surface area contributed by atoms with E-state index in [0.29, 0.717) is 11.7 Å². The van der Waals surface area contributed by atoms with Crippen molar-refractivity contribution < 1.29 is 4.74 Å². The van der Waals surface area contributed by atoms with Gasteiger partial charge in [-0.2, -0.15) is 5.10 Å². The van der Waals surface area contributed by atoms with Crippen molar-refractivity contribution in [2.75, 3.05) is 7.11 Å². The van der Waals surface area contributed by atoms with Gasteiger partial charge in [0.25, 0.3) is 0 Å². The molecule has 0 aliphatic carbocycles. The molecule has 0 saturated heterocycles. The van der Waals surface area contributed by atoms with Gasteiger partial charge in [0.05, 0.1) is 19.2 Å². The summed E-state index contributed by atoms with van der Waals surface area (Å²) in [4.78, 5) is 4.47. The van der Waals surface area contributed by atoms with Crippen molar-refractivity contribution in [1.82, 2.24) is 14.8 Å². The molecule has 4 rings (SSSR count). The molecular formula is C18H13BrClN3O. The fraction of sp³-hybridized carbons (Fsp3) is 0.111. The molecule has 6 heteroatoms. The predicted octanol–water partition coefficient (Wildman–Crippen LogP) is 5.06. The lowest BCUT2D eigenvalue weighted by molar-refractivity contribution is 0.414. The summed E-state index contributed by atoms with van der Waals surface area (Å²) >= 11 is 9.87. The number of para-hydroxylation sites is 1. The normalized spacial score (nSPS) is 11.3. The smallest absolute Gasteiger partial charge is 0.157 e. The number of methoxy groups -OCH3 is 1. The van der Waals surface area contributed by atoms with Crippen molar-refractivity contribution in [3.05, 3.63) is 63.9 Å². The van der Waals surface area contributed by atoms with Crippen LogP contribution in [0.1, 0.15) is 5.56 Å². The van der Waals surface area contributed by atoms with Gasteiger partial charge in [0.2, 0.25) is 0 Å². The van der Waals surface area contributed by atoms with E-state index in [1.54, 1.807) is 7.11 Å². The minimum atomic E-state index is 0.415.